The molecule has 0 aliphatic carbocycles. The largest absolute Gasteiger partial charge is 0.476 e. The average Bonchev–Trinajstić information content (AvgIpc) is 3.24. The molecule has 6 nitrogen and oxygen atoms in total. The number of carbonyl (C=O) groups excluding carboxylic acids is 2. The fraction of sp³-hybridized carbons (Fsp3) is 0.421. The van der Waals surface area contributed by atoms with Gasteiger partial charge in [-0.2, -0.15) is 0 Å². The van der Waals surface area contributed by atoms with E-state index < -0.39 is 17.6 Å². The minimum absolute atomic E-state index is 0.239. The first-order chi connectivity index (χ1) is 21.3. The van der Waals surface area contributed by atoms with Crippen LogP contribution in [0, 0.1) is 18.7 Å². The number of nitrogens with zero attached hydrogens (tertiary/aromatic N) is 1. The number of carbonyl (C=O) groups is 2. The first-order valence-electron chi connectivity index (χ1n) is 15.9. The number of nitrogens with one attached hydrogen (secondary N) is 1. The Labute approximate surface area is 266 Å². The van der Waals surface area contributed by atoms with E-state index in [4.69, 9.17) is 9.47 Å². The van der Waals surface area contributed by atoms with Crippen LogP contribution in [0.1, 0.15) is 98.7 Å². The van der Waals surface area contributed by atoms with Gasteiger partial charge in [-0.15, -0.1) is 0 Å². The molecule has 0 unspecified atom stereocenters. The number of unbranched alkanes of at least 4 members (excludes halogenated alkanes) is 1. The van der Waals surface area contributed by atoms with Crippen LogP contribution in [-0.4, -0.2) is 29.2 Å². The number of aryl methyl sites for hydroxylation is 1. The number of methoxy groups -OCH3 is 1. The van der Waals surface area contributed by atoms with Crippen LogP contribution in [0.2, 0.25) is 0 Å². The van der Waals surface area contributed by atoms with Crippen LogP contribution in [-0.2, 0) is 28.9 Å². The molecule has 0 aliphatic heterocycles. The van der Waals surface area contributed by atoms with Crippen LogP contribution >= 0.6 is 0 Å². The van der Waals surface area contributed by atoms with Crippen molar-refractivity contribution in [3.63, 3.8) is 0 Å². The van der Waals surface area contributed by atoms with Crippen molar-refractivity contribution in [2.24, 2.45) is 5.92 Å². The molecule has 1 atom stereocenters. The monoisotopic (exact) mass is 614 g/mol. The van der Waals surface area contributed by atoms with Crippen LogP contribution in [0.4, 0.5) is 4.39 Å². The molecule has 240 valence electrons. The lowest BCUT2D eigenvalue weighted by atomic mass is 10.00. The lowest BCUT2D eigenvalue weighted by molar-refractivity contribution is -0.156. The standard InChI is InChI=1S/C38H47FN2O4/c1-9-10-12-27-15-18-34(39)32(20-27)25(4)40-36(42)29-16-17-31-33(26(5)41(23-24(2)3)35(31)22-29)21-28-13-11-14-30(19-28)45-38(6,7)37(43)44-8/h11,13-20,22,24-25H,9-10,12,21,23H2,1-8H3,(H,40,42)/t25-/m0/s1. The van der Waals surface area contributed by atoms with Crippen molar-refractivity contribution in [1.29, 1.82) is 0 Å². The van der Waals surface area contributed by atoms with Gasteiger partial charge in [0.15, 0.2) is 5.60 Å². The quantitative estimate of drug-likeness (QED) is 0.153. The van der Waals surface area contributed by atoms with Crippen LogP contribution < -0.4 is 10.1 Å². The van der Waals surface area contributed by atoms with Gasteiger partial charge in [0, 0.05) is 34.3 Å². The summed E-state index contributed by atoms with van der Waals surface area (Å²) in [5, 5.41) is 4.10. The van der Waals surface area contributed by atoms with Gasteiger partial charge in [-0.25, -0.2) is 9.18 Å². The average molecular weight is 615 g/mol. The molecule has 4 aromatic rings. The van der Waals surface area contributed by atoms with E-state index in [-0.39, 0.29) is 11.7 Å². The van der Waals surface area contributed by atoms with Crippen molar-refractivity contribution in [3.05, 3.63) is 100.0 Å². The van der Waals surface area contributed by atoms with Crippen LogP contribution in [0.25, 0.3) is 10.9 Å². The number of rotatable bonds is 13. The molecular formula is C38H47FN2O4. The molecule has 0 radical (unpaired) electrons. The fourth-order valence-corrected chi connectivity index (χ4v) is 5.84. The highest BCUT2D eigenvalue weighted by molar-refractivity contribution is 5.99. The Kier molecular flexibility index (Phi) is 10.7. The topological polar surface area (TPSA) is 69.6 Å². The number of benzene rings is 3. The zero-order chi connectivity index (χ0) is 32.9. The maximum Gasteiger partial charge on any atom is 0.349 e. The highest BCUT2D eigenvalue weighted by atomic mass is 19.1. The minimum atomic E-state index is -1.12. The molecule has 0 aliphatic rings. The Balaban J connectivity index is 1.63. The normalized spacial score (nSPS) is 12.4. The first-order valence-corrected chi connectivity index (χ1v) is 15.9. The molecule has 0 bridgehead atoms. The van der Waals surface area contributed by atoms with Gasteiger partial charge in [0.1, 0.15) is 11.6 Å². The molecule has 1 N–H and O–H groups in total. The van der Waals surface area contributed by atoms with E-state index in [1.807, 2.05) is 61.5 Å². The van der Waals surface area contributed by atoms with Gasteiger partial charge in [0.05, 0.1) is 13.2 Å². The van der Waals surface area contributed by atoms with Gasteiger partial charge in [0.2, 0.25) is 0 Å². The number of fused-ring (bicyclic) bond motifs is 1. The van der Waals surface area contributed by atoms with Gasteiger partial charge in [-0.1, -0.05) is 57.5 Å². The third-order valence-electron chi connectivity index (χ3n) is 8.29. The molecule has 45 heavy (non-hydrogen) atoms. The second-order valence-electron chi connectivity index (χ2n) is 12.9. The predicted octanol–water partition coefficient (Wildman–Crippen LogP) is 8.50. The molecule has 7 heteroatoms. The zero-order valence-corrected chi connectivity index (χ0v) is 27.9. The number of hydrogen-bond acceptors (Lipinski definition) is 4. The number of amides is 1. The Morgan fingerprint density at radius 2 is 1.76 bits per heavy atom. The third-order valence-corrected chi connectivity index (χ3v) is 8.29. The summed E-state index contributed by atoms with van der Waals surface area (Å²) in [4.78, 5) is 25.7. The van der Waals surface area contributed by atoms with E-state index in [9.17, 15) is 14.0 Å². The van der Waals surface area contributed by atoms with Gasteiger partial charge in [-0.3, -0.25) is 4.79 Å². The second-order valence-corrected chi connectivity index (χ2v) is 12.9. The van der Waals surface area contributed by atoms with Crippen LogP contribution in [0.15, 0.2) is 60.7 Å². The zero-order valence-electron chi connectivity index (χ0n) is 27.9. The van der Waals surface area contributed by atoms with Crippen LogP contribution in [0.3, 0.4) is 0 Å². The summed E-state index contributed by atoms with van der Waals surface area (Å²) in [7, 11) is 1.35. The van der Waals surface area contributed by atoms with Gasteiger partial charge in [-0.05, 0) is 99.9 Å². The molecule has 0 spiro atoms. The number of aromatic nitrogens is 1. The maximum absolute atomic E-state index is 14.8. The van der Waals surface area contributed by atoms with E-state index in [0.717, 1.165) is 53.5 Å². The van der Waals surface area contributed by atoms with Gasteiger partial charge in [0.25, 0.3) is 5.91 Å². The Morgan fingerprint density at radius 3 is 2.44 bits per heavy atom. The highest BCUT2D eigenvalue weighted by Crippen LogP contribution is 2.31. The molecular weight excluding hydrogens is 567 g/mol. The Bertz CT molecular complexity index is 1670. The maximum atomic E-state index is 14.8. The molecule has 1 heterocycles. The van der Waals surface area contributed by atoms with Crippen molar-refractivity contribution in [2.45, 2.75) is 92.3 Å². The van der Waals surface area contributed by atoms with Crippen molar-refractivity contribution in [3.8, 4) is 5.75 Å². The number of esters is 1. The molecule has 3 aromatic carbocycles. The molecule has 4 rings (SSSR count). The highest BCUT2D eigenvalue weighted by Gasteiger charge is 2.31. The summed E-state index contributed by atoms with van der Waals surface area (Å²) in [5.41, 5.74) is 5.33. The number of ether oxygens (including phenoxy) is 2. The van der Waals surface area contributed by atoms with Crippen molar-refractivity contribution in [2.75, 3.05) is 7.11 Å². The van der Waals surface area contributed by atoms with Crippen LogP contribution in [0.5, 0.6) is 5.75 Å². The Morgan fingerprint density at radius 1 is 1.00 bits per heavy atom. The summed E-state index contributed by atoms with van der Waals surface area (Å²) < 4.78 is 28.0. The van der Waals surface area contributed by atoms with Crippen molar-refractivity contribution in [1.82, 2.24) is 9.88 Å². The number of hydrogen-bond donors (Lipinski definition) is 1. The SMILES string of the molecule is CCCCc1ccc(F)c([C@H](C)NC(=O)c2ccc3c(Cc4cccc(OC(C)(C)C(=O)OC)c4)c(C)n(CC(C)C)c3c2)c1. The molecule has 1 aromatic heterocycles. The lowest BCUT2D eigenvalue weighted by Crippen LogP contribution is -2.39. The summed E-state index contributed by atoms with van der Waals surface area (Å²) in [6.07, 6.45) is 3.64. The summed E-state index contributed by atoms with van der Waals surface area (Å²) in [5.74, 6) is -0.0117. The molecule has 0 fully saturated rings. The van der Waals surface area contributed by atoms with E-state index in [0.29, 0.717) is 29.2 Å². The lowest BCUT2D eigenvalue weighted by Gasteiger charge is -2.23. The molecule has 0 saturated carbocycles. The van der Waals surface area contributed by atoms with E-state index >= 15 is 0 Å². The van der Waals surface area contributed by atoms with E-state index in [1.54, 1.807) is 13.8 Å². The van der Waals surface area contributed by atoms with E-state index in [1.165, 1.54) is 18.7 Å². The summed E-state index contributed by atoms with van der Waals surface area (Å²) >= 11 is 0. The predicted molar refractivity (Wildman–Crippen MR) is 178 cm³/mol. The fourth-order valence-electron chi connectivity index (χ4n) is 5.84. The minimum Gasteiger partial charge on any atom is -0.476 e. The smallest absolute Gasteiger partial charge is 0.349 e. The summed E-state index contributed by atoms with van der Waals surface area (Å²) in [6, 6.07) is 18.3. The van der Waals surface area contributed by atoms with Gasteiger partial charge < -0.3 is 19.4 Å². The molecule has 1 amide bonds. The number of halogens is 1. The van der Waals surface area contributed by atoms with Gasteiger partial charge >= 0.3 is 5.97 Å². The van der Waals surface area contributed by atoms with E-state index in [2.05, 4.69) is 37.6 Å². The third kappa shape index (κ3) is 7.94. The van der Waals surface area contributed by atoms with Crippen molar-refractivity contribution >= 4 is 22.8 Å². The summed E-state index contributed by atoms with van der Waals surface area (Å²) in [6.45, 7) is 14.6. The Hall–Kier alpha value is -4.13. The second kappa shape index (κ2) is 14.3. The molecule has 0 saturated heterocycles. The van der Waals surface area contributed by atoms with Crippen molar-refractivity contribution < 1.29 is 23.5 Å². The first kappa shape index (κ1) is 33.8.